The molecule has 1 aliphatic heterocycles. The molecule has 0 atom stereocenters. The van der Waals surface area contributed by atoms with E-state index in [1.54, 1.807) is 47.4 Å². The van der Waals surface area contributed by atoms with Crippen LogP contribution in [0.2, 0.25) is 5.02 Å². The van der Waals surface area contributed by atoms with E-state index in [4.69, 9.17) is 33.0 Å². The van der Waals surface area contributed by atoms with Crippen molar-refractivity contribution in [3.05, 3.63) is 77.2 Å². The van der Waals surface area contributed by atoms with E-state index in [-0.39, 0.29) is 16.9 Å². The predicted molar refractivity (Wildman–Crippen MR) is 140 cm³/mol. The van der Waals surface area contributed by atoms with E-state index in [2.05, 4.69) is 15.5 Å². The minimum atomic E-state index is -0.339. The van der Waals surface area contributed by atoms with Crippen LogP contribution in [0.3, 0.4) is 0 Å². The summed E-state index contributed by atoms with van der Waals surface area (Å²) in [6.07, 6.45) is 1.50. The number of piperazine rings is 1. The van der Waals surface area contributed by atoms with E-state index in [1.807, 2.05) is 19.1 Å². The van der Waals surface area contributed by atoms with Gasteiger partial charge in [-0.1, -0.05) is 17.7 Å². The maximum atomic E-state index is 12.5. The summed E-state index contributed by atoms with van der Waals surface area (Å²) in [6, 6.07) is 15.8. The van der Waals surface area contributed by atoms with Gasteiger partial charge in [-0.3, -0.25) is 14.9 Å². The zero-order valence-corrected chi connectivity index (χ0v) is 20.7. The molecule has 2 N–H and O–H groups in total. The van der Waals surface area contributed by atoms with Crippen molar-refractivity contribution in [2.24, 2.45) is 0 Å². The van der Waals surface area contributed by atoms with Crippen molar-refractivity contribution in [3.63, 3.8) is 0 Å². The first-order valence-electron chi connectivity index (χ1n) is 11.2. The summed E-state index contributed by atoms with van der Waals surface area (Å²) < 4.78 is 10.6. The normalized spacial score (nSPS) is 13.3. The van der Waals surface area contributed by atoms with Gasteiger partial charge < -0.3 is 24.3 Å². The number of nitrogens with one attached hydrogen (secondary N) is 2. The van der Waals surface area contributed by atoms with E-state index in [0.29, 0.717) is 60.6 Å². The Bertz CT molecular complexity index is 1210. The molecule has 10 heteroatoms. The van der Waals surface area contributed by atoms with Gasteiger partial charge in [-0.25, -0.2) is 0 Å². The molecule has 35 heavy (non-hydrogen) atoms. The fraction of sp³-hybridized carbons (Fsp3) is 0.240. The Balaban J connectivity index is 1.32. The number of thiocarbonyl (C=S) groups is 1. The number of amides is 2. The molecule has 182 valence electrons. The van der Waals surface area contributed by atoms with Gasteiger partial charge in [0.1, 0.15) is 5.75 Å². The minimum Gasteiger partial charge on any atom is -0.494 e. The number of rotatable bonds is 6. The van der Waals surface area contributed by atoms with Crippen LogP contribution in [0.1, 0.15) is 27.8 Å². The van der Waals surface area contributed by atoms with E-state index in [9.17, 15) is 9.59 Å². The zero-order valence-electron chi connectivity index (χ0n) is 19.1. The summed E-state index contributed by atoms with van der Waals surface area (Å²) >= 11 is 11.8. The standard InChI is InChI=1S/C25H25ClN4O4S/c1-2-33-19-6-3-5-17(15-19)23(31)28-25(35)27-18-8-9-21(20(26)16-18)29-10-12-30(13-11-29)24(32)22-7-4-14-34-22/h3-9,14-16H,2,10-13H2,1H3,(H2,27,28,31,35). The first-order chi connectivity index (χ1) is 16.9. The number of nitrogens with zero attached hydrogens (tertiary/aromatic N) is 2. The maximum Gasteiger partial charge on any atom is 0.289 e. The Morgan fingerprint density at radius 3 is 2.57 bits per heavy atom. The molecular weight excluding hydrogens is 488 g/mol. The lowest BCUT2D eigenvalue weighted by molar-refractivity contribution is 0.0714. The summed E-state index contributed by atoms with van der Waals surface area (Å²) in [5.74, 6) is 0.513. The average molecular weight is 513 g/mol. The van der Waals surface area contributed by atoms with Crippen LogP contribution in [0.15, 0.2) is 65.3 Å². The molecular formula is C25H25ClN4O4S. The summed E-state index contributed by atoms with van der Waals surface area (Å²) in [5, 5.41) is 6.36. The van der Waals surface area contributed by atoms with Crippen LogP contribution < -0.4 is 20.3 Å². The third-order valence-electron chi connectivity index (χ3n) is 5.48. The lowest BCUT2D eigenvalue weighted by Gasteiger charge is -2.36. The smallest absolute Gasteiger partial charge is 0.289 e. The lowest BCUT2D eigenvalue weighted by atomic mass is 10.2. The molecule has 1 aromatic heterocycles. The number of ether oxygens (including phenoxy) is 1. The number of benzene rings is 2. The second kappa shape index (κ2) is 11.2. The van der Waals surface area contributed by atoms with Crippen LogP contribution >= 0.6 is 23.8 Å². The molecule has 1 aliphatic rings. The van der Waals surface area contributed by atoms with Gasteiger partial charge in [0.15, 0.2) is 10.9 Å². The fourth-order valence-corrected chi connectivity index (χ4v) is 4.29. The van der Waals surface area contributed by atoms with Gasteiger partial charge in [0, 0.05) is 37.4 Å². The Kier molecular flexibility index (Phi) is 7.89. The number of furan rings is 1. The van der Waals surface area contributed by atoms with Crippen molar-refractivity contribution < 1.29 is 18.7 Å². The van der Waals surface area contributed by atoms with Crippen molar-refractivity contribution >= 4 is 52.1 Å². The summed E-state index contributed by atoms with van der Waals surface area (Å²) in [5.41, 5.74) is 1.96. The van der Waals surface area contributed by atoms with Gasteiger partial charge in [-0.05, 0) is 67.7 Å². The quantitative estimate of drug-likeness (QED) is 0.473. The molecule has 1 saturated heterocycles. The van der Waals surface area contributed by atoms with Crippen molar-refractivity contribution in [2.75, 3.05) is 43.0 Å². The van der Waals surface area contributed by atoms with Crippen LogP contribution in [-0.2, 0) is 0 Å². The lowest BCUT2D eigenvalue weighted by Crippen LogP contribution is -2.48. The Morgan fingerprint density at radius 1 is 1.09 bits per heavy atom. The van der Waals surface area contributed by atoms with Gasteiger partial charge in [0.2, 0.25) is 0 Å². The van der Waals surface area contributed by atoms with Crippen LogP contribution in [-0.4, -0.2) is 54.6 Å². The minimum absolute atomic E-state index is 0.111. The third-order valence-corrected chi connectivity index (χ3v) is 5.99. The van der Waals surface area contributed by atoms with Crippen molar-refractivity contribution in [1.29, 1.82) is 0 Å². The average Bonchev–Trinajstić information content (AvgIpc) is 3.39. The van der Waals surface area contributed by atoms with Gasteiger partial charge in [-0.15, -0.1) is 0 Å². The number of carbonyl (C=O) groups is 2. The summed E-state index contributed by atoms with van der Waals surface area (Å²) in [6.45, 7) is 4.82. The van der Waals surface area contributed by atoms with E-state index < -0.39 is 0 Å². The van der Waals surface area contributed by atoms with E-state index in [1.165, 1.54) is 6.26 Å². The van der Waals surface area contributed by atoms with E-state index >= 15 is 0 Å². The molecule has 2 heterocycles. The molecule has 4 rings (SSSR count). The van der Waals surface area contributed by atoms with Crippen molar-refractivity contribution in [3.8, 4) is 5.75 Å². The first kappa shape index (κ1) is 24.6. The Hall–Kier alpha value is -3.56. The number of hydrogen-bond donors (Lipinski definition) is 2. The second-order valence-corrected chi connectivity index (χ2v) is 8.61. The molecule has 0 radical (unpaired) electrons. The topological polar surface area (TPSA) is 87.0 Å². The largest absolute Gasteiger partial charge is 0.494 e. The van der Waals surface area contributed by atoms with Gasteiger partial charge >= 0.3 is 0 Å². The highest BCUT2D eigenvalue weighted by molar-refractivity contribution is 7.80. The summed E-state index contributed by atoms with van der Waals surface area (Å²) in [4.78, 5) is 28.9. The molecule has 0 saturated carbocycles. The Labute approximate surface area is 213 Å². The molecule has 0 bridgehead atoms. The highest BCUT2D eigenvalue weighted by Crippen LogP contribution is 2.30. The van der Waals surface area contributed by atoms with E-state index in [0.717, 1.165) is 5.69 Å². The van der Waals surface area contributed by atoms with Gasteiger partial charge in [0.25, 0.3) is 11.8 Å². The molecule has 2 amide bonds. The van der Waals surface area contributed by atoms with Crippen LogP contribution in [0, 0.1) is 0 Å². The van der Waals surface area contributed by atoms with Gasteiger partial charge in [0.05, 0.1) is 23.6 Å². The second-order valence-electron chi connectivity index (χ2n) is 7.79. The number of halogens is 1. The number of carbonyl (C=O) groups excluding carboxylic acids is 2. The van der Waals surface area contributed by atoms with Gasteiger partial charge in [-0.2, -0.15) is 0 Å². The third kappa shape index (κ3) is 6.12. The molecule has 1 fully saturated rings. The summed E-state index contributed by atoms with van der Waals surface area (Å²) in [7, 11) is 0. The van der Waals surface area contributed by atoms with Crippen LogP contribution in [0.4, 0.5) is 11.4 Å². The molecule has 0 unspecified atom stereocenters. The molecule has 0 spiro atoms. The fourth-order valence-electron chi connectivity index (χ4n) is 3.78. The number of hydrogen-bond acceptors (Lipinski definition) is 6. The highest BCUT2D eigenvalue weighted by atomic mass is 35.5. The van der Waals surface area contributed by atoms with Crippen molar-refractivity contribution in [2.45, 2.75) is 6.92 Å². The first-order valence-corrected chi connectivity index (χ1v) is 12.0. The molecule has 0 aliphatic carbocycles. The Morgan fingerprint density at radius 2 is 1.89 bits per heavy atom. The zero-order chi connectivity index (χ0) is 24.8. The van der Waals surface area contributed by atoms with Crippen LogP contribution in [0.25, 0.3) is 0 Å². The maximum absolute atomic E-state index is 12.5. The molecule has 2 aromatic carbocycles. The monoisotopic (exact) mass is 512 g/mol. The number of anilines is 2. The molecule has 3 aromatic rings. The molecule has 8 nitrogen and oxygen atoms in total. The predicted octanol–water partition coefficient (Wildman–Crippen LogP) is 4.42. The van der Waals surface area contributed by atoms with Crippen LogP contribution in [0.5, 0.6) is 5.75 Å². The SMILES string of the molecule is CCOc1cccc(C(=O)NC(=S)Nc2ccc(N3CCN(C(=O)c4ccco4)CC3)c(Cl)c2)c1. The highest BCUT2D eigenvalue weighted by Gasteiger charge is 2.24. The van der Waals surface area contributed by atoms with Crippen molar-refractivity contribution in [1.82, 2.24) is 10.2 Å².